The minimum absolute atomic E-state index is 0.116. The number of hydrogen-bond donors (Lipinski definition) is 1. The van der Waals surface area contributed by atoms with Gasteiger partial charge in [0.25, 0.3) is 0 Å². The van der Waals surface area contributed by atoms with Crippen LogP contribution >= 0.6 is 0 Å². The molecule has 1 fully saturated rings. The lowest BCUT2D eigenvalue weighted by molar-refractivity contribution is -0.156. The van der Waals surface area contributed by atoms with E-state index in [1.54, 1.807) is 0 Å². The molecule has 4 heteroatoms. The topological polar surface area (TPSA) is 41.6 Å². The van der Waals surface area contributed by atoms with E-state index in [0.717, 1.165) is 26.1 Å². The highest BCUT2D eigenvalue weighted by molar-refractivity contribution is 5.72. The fourth-order valence-corrected chi connectivity index (χ4v) is 2.21. The number of hydrogen-bond acceptors (Lipinski definition) is 4. The van der Waals surface area contributed by atoms with Gasteiger partial charge in [0, 0.05) is 12.6 Å². The quantitative estimate of drug-likeness (QED) is 0.757. The first-order chi connectivity index (χ1) is 7.90. The molecule has 1 heterocycles. The number of likely N-dealkylation sites (tertiary alicyclic amines) is 1. The minimum Gasteiger partial charge on any atom is -0.459 e. The van der Waals surface area contributed by atoms with Gasteiger partial charge in [-0.15, -0.1) is 0 Å². The van der Waals surface area contributed by atoms with Crippen molar-refractivity contribution in [1.82, 2.24) is 10.2 Å². The number of esters is 1. The molecule has 1 aliphatic heterocycles. The fraction of sp³-hybridized carbons (Fsp3) is 0.923. The smallest absolute Gasteiger partial charge is 0.320 e. The fourth-order valence-electron chi connectivity index (χ4n) is 2.21. The van der Waals surface area contributed by atoms with E-state index in [1.165, 1.54) is 6.42 Å². The molecule has 1 N–H and O–H groups in total. The van der Waals surface area contributed by atoms with Crippen LogP contribution in [0.1, 0.15) is 40.5 Å². The van der Waals surface area contributed by atoms with Crippen molar-refractivity contribution in [3.05, 3.63) is 0 Å². The zero-order valence-electron chi connectivity index (χ0n) is 11.6. The van der Waals surface area contributed by atoms with Crippen molar-refractivity contribution in [3.8, 4) is 0 Å². The lowest BCUT2D eigenvalue weighted by Gasteiger charge is -2.33. The molecule has 0 aromatic rings. The van der Waals surface area contributed by atoms with Gasteiger partial charge >= 0.3 is 5.97 Å². The summed E-state index contributed by atoms with van der Waals surface area (Å²) in [4.78, 5) is 13.9. The lowest BCUT2D eigenvalue weighted by atomic mass is 10.1. The molecule has 1 saturated heterocycles. The van der Waals surface area contributed by atoms with Crippen LogP contribution in [0.25, 0.3) is 0 Å². The number of nitrogens with one attached hydrogen (secondary N) is 1. The van der Waals surface area contributed by atoms with Crippen molar-refractivity contribution in [2.75, 3.05) is 26.2 Å². The SMILES string of the molecule is CCNC1CCCN(CC(=O)OC(C)(C)C)C1. The molecule has 100 valence electrons. The van der Waals surface area contributed by atoms with E-state index in [2.05, 4.69) is 17.1 Å². The zero-order valence-corrected chi connectivity index (χ0v) is 11.6. The summed E-state index contributed by atoms with van der Waals surface area (Å²) >= 11 is 0. The van der Waals surface area contributed by atoms with E-state index in [1.807, 2.05) is 20.8 Å². The van der Waals surface area contributed by atoms with Crippen LogP contribution in [-0.2, 0) is 9.53 Å². The summed E-state index contributed by atoms with van der Waals surface area (Å²) in [6, 6.07) is 0.524. The Hall–Kier alpha value is -0.610. The summed E-state index contributed by atoms with van der Waals surface area (Å²) in [6.45, 7) is 11.2. The molecular weight excluding hydrogens is 216 g/mol. The van der Waals surface area contributed by atoms with Crippen LogP contribution in [0.5, 0.6) is 0 Å². The lowest BCUT2D eigenvalue weighted by Crippen LogP contribution is -2.47. The van der Waals surface area contributed by atoms with Crippen molar-refractivity contribution < 1.29 is 9.53 Å². The first-order valence-electron chi connectivity index (χ1n) is 6.58. The van der Waals surface area contributed by atoms with Crippen molar-refractivity contribution in [2.45, 2.75) is 52.2 Å². The number of carbonyl (C=O) groups excluding carboxylic acids is 1. The predicted molar refractivity (Wildman–Crippen MR) is 69.0 cm³/mol. The molecule has 1 aliphatic rings. The third kappa shape index (κ3) is 6.03. The molecule has 0 bridgehead atoms. The predicted octanol–water partition coefficient (Wildman–Crippen LogP) is 1.40. The Bertz CT molecular complexity index is 246. The number of likely N-dealkylation sites (N-methyl/N-ethyl adjacent to an activating group) is 1. The first-order valence-corrected chi connectivity index (χ1v) is 6.58. The largest absolute Gasteiger partial charge is 0.459 e. The second-order valence-corrected chi connectivity index (χ2v) is 5.72. The van der Waals surface area contributed by atoms with Crippen LogP contribution in [0.15, 0.2) is 0 Å². The van der Waals surface area contributed by atoms with Gasteiger partial charge in [0.2, 0.25) is 0 Å². The molecule has 0 radical (unpaired) electrons. The van der Waals surface area contributed by atoms with Crippen LogP contribution in [-0.4, -0.2) is 48.7 Å². The maximum atomic E-state index is 11.7. The van der Waals surface area contributed by atoms with E-state index in [4.69, 9.17) is 4.74 Å². The van der Waals surface area contributed by atoms with Crippen molar-refractivity contribution in [1.29, 1.82) is 0 Å². The number of rotatable bonds is 4. The molecule has 1 unspecified atom stereocenters. The third-order valence-electron chi connectivity index (χ3n) is 2.77. The molecule has 0 saturated carbocycles. The van der Waals surface area contributed by atoms with Crippen LogP contribution in [0.2, 0.25) is 0 Å². The number of nitrogens with zero attached hydrogens (tertiary/aromatic N) is 1. The highest BCUT2D eigenvalue weighted by Crippen LogP contribution is 2.12. The zero-order chi connectivity index (χ0) is 12.9. The van der Waals surface area contributed by atoms with Crippen molar-refractivity contribution >= 4 is 5.97 Å². The summed E-state index contributed by atoms with van der Waals surface area (Å²) < 4.78 is 5.33. The number of carbonyl (C=O) groups is 1. The van der Waals surface area contributed by atoms with E-state index in [-0.39, 0.29) is 11.6 Å². The molecule has 4 nitrogen and oxygen atoms in total. The standard InChI is InChI=1S/C13H26N2O2/c1-5-14-11-7-6-8-15(9-11)10-12(16)17-13(2,3)4/h11,14H,5-10H2,1-4H3. The van der Waals surface area contributed by atoms with Gasteiger partial charge in [-0.25, -0.2) is 0 Å². The molecule has 0 aliphatic carbocycles. The van der Waals surface area contributed by atoms with E-state index < -0.39 is 0 Å². The second kappa shape index (κ2) is 6.36. The monoisotopic (exact) mass is 242 g/mol. The summed E-state index contributed by atoms with van der Waals surface area (Å²) in [7, 11) is 0. The normalized spacial score (nSPS) is 22.5. The van der Waals surface area contributed by atoms with Crippen molar-refractivity contribution in [3.63, 3.8) is 0 Å². The Balaban J connectivity index is 2.33. The van der Waals surface area contributed by atoms with Gasteiger partial charge in [0.1, 0.15) is 5.60 Å². The molecule has 1 atom stereocenters. The van der Waals surface area contributed by atoms with Crippen LogP contribution in [0, 0.1) is 0 Å². The van der Waals surface area contributed by atoms with E-state index >= 15 is 0 Å². The first kappa shape index (κ1) is 14.5. The maximum absolute atomic E-state index is 11.7. The Kier molecular flexibility index (Phi) is 5.40. The van der Waals surface area contributed by atoms with Gasteiger partial charge in [-0.3, -0.25) is 9.69 Å². The van der Waals surface area contributed by atoms with E-state index in [0.29, 0.717) is 12.6 Å². The maximum Gasteiger partial charge on any atom is 0.320 e. The molecular formula is C13H26N2O2. The van der Waals surface area contributed by atoms with Crippen LogP contribution < -0.4 is 5.32 Å². The van der Waals surface area contributed by atoms with Gasteiger partial charge in [-0.1, -0.05) is 6.92 Å². The summed E-state index contributed by atoms with van der Waals surface area (Å²) in [5, 5.41) is 3.44. The molecule has 17 heavy (non-hydrogen) atoms. The average Bonchev–Trinajstić information content (AvgIpc) is 2.15. The highest BCUT2D eigenvalue weighted by atomic mass is 16.6. The number of piperidine rings is 1. The summed E-state index contributed by atoms with van der Waals surface area (Å²) in [6.07, 6.45) is 2.36. The van der Waals surface area contributed by atoms with Crippen molar-refractivity contribution in [2.24, 2.45) is 0 Å². The Morgan fingerprint density at radius 3 is 2.76 bits per heavy atom. The highest BCUT2D eigenvalue weighted by Gasteiger charge is 2.23. The van der Waals surface area contributed by atoms with Gasteiger partial charge in [0.15, 0.2) is 0 Å². The Morgan fingerprint density at radius 2 is 2.18 bits per heavy atom. The molecule has 0 spiro atoms. The Labute approximate surface area is 105 Å². The molecule has 0 aromatic carbocycles. The van der Waals surface area contributed by atoms with Crippen LogP contribution in [0.4, 0.5) is 0 Å². The van der Waals surface area contributed by atoms with E-state index in [9.17, 15) is 4.79 Å². The summed E-state index contributed by atoms with van der Waals surface area (Å²) in [5.41, 5.74) is -0.381. The van der Waals surface area contributed by atoms with Gasteiger partial charge in [-0.05, 0) is 46.7 Å². The minimum atomic E-state index is -0.381. The van der Waals surface area contributed by atoms with Gasteiger partial charge < -0.3 is 10.1 Å². The average molecular weight is 242 g/mol. The molecule has 0 amide bonds. The van der Waals surface area contributed by atoms with Crippen LogP contribution in [0.3, 0.4) is 0 Å². The number of ether oxygens (including phenoxy) is 1. The van der Waals surface area contributed by atoms with Gasteiger partial charge in [-0.2, -0.15) is 0 Å². The van der Waals surface area contributed by atoms with Gasteiger partial charge in [0.05, 0.1) is 6.54 Å². The second-order valence-electron chi connectivity index (χ2n) is 5.72. The molecule has 1 rings (SSSR count). The third-order valence-corrected chi connectivity index (χ3v) is 2.77. The molecule has 0 aromatic heterocycles. The summed E-state index contributed by atoms with van der Waals surface area (Å²) in [5.74, 6) is -0.116. The Morgan fingerprint density at radius 1 is 1.47 bits per heavy atom.